The maximum atomic E-state index is 12.4. The molecule has 2 aromatic rings. The highest BCUT2D eigenvalue weighted by atomic mass is 16.6. The summed E-state index contributed by atoms with van der Waals surface area (Å²) < 4.78 is 18.9. The normalized spacial score (nSPS) is 11.3. The van der Waals surface area contributed by atoms with E-state index in [1.165, 1.54) is 11.7 Å². The first kappa shape index (κ1) is 27.1. The number of unbranched alkanes of at least 4 members (excludes halogenated alkanes) is 4. The van der Waals surface area contributed by atoms with E-state index in [1.54, 1.807) is 26.8 Å². The van der Waals surface area contributed by atoms with Crippen molar-refractivity contribution in [3.8, 4) is 11.6 Å². The third-order valence-corrected chi connectivity index (χ3v) is 5.35. The van der Waals surface area contributed by atoms with Gasteiger partial charge in [-0.25, -0.2) is 14.3 Å². The smallest absolute Gasteiger partial charge is 0.349 e. The fourth-order valence-electron chi connectivity index (χ4n) is 3.37. The van der Waals surface area contributed by atoms with Crippen LogP contribution in [-0.2, 0) is 29.5 Å². The van der Waals surface area contributed by atoms with Gasteiger partial charge in [0.1, 0.15) is 5.75 Å². The fraction of sp³-hybridized carbons (Fsp3) is 0.600. The van der Waals surface area contributed by atoms with Gasteiger partial charge in [0, 0.05) is 20.0 Å². The second kappa shape index (κ2) is 13.0. The first-order chi connectivity index (χ1) is 16.2. The third-order valence-electron chi connectivity index (χ3n) is 5.35. The van der Waals surface area contributed by atoms with Crippen LogP contribution in [0.3, 0.4) is 0 Å². The van der Waals surface area contributed by atoms with E-state index in [2.05, 4.69) is 12.0 Å². The van der Waals surface area contributed by atoms with Gasteiger partial charge in [-0.1, -0.05) is 44.7 Å². The number of ether oxygens (including phenoxy) is 3. The Hall–Kier alpha value is -3.10. The number of rotatable bonds is 14. The van der Waals surface area contributed by atoms with Crippen LogP contribution in [0.5, 0.6) is 11.6 Å². The van der Waals surface area contributed by atoms with Crippen molar-refractivity contribution < 1.29 is 19.0 Å². The number of benzene rings is 1. The van der Waals surface area contributed by atoms with Crippen LogP contribution in [-0.4, -0.2) is 39.1 Å². The molecule has 0 fully saturated rings. The van der Waals surface area contributed by atoms with Gasteiger partial charge < -0.3 is 14.2 Å². The Morgan fingerprint density at radius 3 is 2.53 bits per heavy atom. The van der Waals surface area contributed by atoms with E-state index in [1.807, 2.05) is 18.2 Å². The maximum absolute atomic E-state index is 12.4. The van der Waals surface area contributed by atoms with Gasteiger partial charge in [0.05, 0.1) is 13.2 Å². The van der Waals surface area contributed by atoms with Gasteiger partial charge in [0.25, 0.3) is 5.88 Å². The first-order valence-corrected chi connectivity index (χ1v) is 12.0. The molecule has 0 bridgehead atoms. The Balaban J connectivity index is 2.01. The van der Waals surface area contributed by atoms with E-state index >= 15 is 0 Å². The standard InChI is InChI=1S/C25H37N3O6/c1-6-8-9-10-11-16-28-24(31)27(5)22(29)21(26-28)33-17-15-19-13-12-14-20(18-19)34-25(3,4)23(30)32-7-2/h12-14,18H,6-11,15-17H2,1-5H3. The summed E-state index contributed by atoms with van der Waals surface area (Å²) in [7, 11) is 1.43. The molecule has 0 saturated heterocycles. The van der Waals surface area contributed by atoms with E-state index in [0.29, 0.717) is 18.7 Å². The molecule has 0 amide bonds. The highest BCUT2D eigenvalue weighted by molar-refractivity contribution is 5.79. The van der Waals surface area contributed by atoms with Crippen molar-refractivity contribution in [2.45, 2.75) is 78.4 Å². The summed E-state index contributed by atoms with van der Waals surface area (Å²) >= 11 is 0. The highest BCUT2D eigenvalue weighted by Crippen LogP contribution is 2.21. The highest BCUT2D eigenvalue weighted by Gasteiger charge is 2.31. The number of nitrogens with zero attached hydrogens (tertiary/aromatic N) is 3. The summed E-state index contributed by atoms with van der Waals surface area (Å²) in [5.74, 6) is -0.00105. The van der Waals surface area contributed by atoms with Gasteiger partial charge in [-0.2, -0.15) is 0 Å². The van der Waals surface area contributed by atoms with Crippen molar-refractivity contribution in [3.05, 3.63) is 50.7 Å². The van der Waals surface area contributed by atoms with Gasteiger partial charge >= 0.3 is 17.2 Å². The number of aryl methyl sites for hydroxylation is 1. The maximum Gasteiger partial charge on any atom is 0.349 e. The Kier molecular flexibility index (Phi) is 10.3. The Morgan fingerprint density at radius 1 is 1.09 bits per heavy atom. The molecule has 0 unspecified atom stereocenters. The Morgan fingerprint density at radius 2 is 1.82 bits per heavy atom. The Bertz CT molecular complexity index is 1060. The van der Waals surface area contributed by atoms with E-state index < -0.39 is 22.8 Å². The lowest BCUT2D eigenvalue weighted by Crippen LogP contribution is -2.40. The monoisotopic (exact) mass is 475 g/mol. The van der Waals surface area contributed by atoms with Gasteiger partial charge in [-0.05, 0) is 44.9 Å². The predicted molar refractivity (Wildman–Crippen MR) is 129 cm³/mol. The van der Waals surface area contributed by atoms with Crippen LogP contribution in [0.2, 0.25) is 0 Å². The minimum absolute atomic E-state index is 0.0912. The van der Waals surface area contributed by atoms with E-state index in [0.717, 1.165) is 42.2 Å². The van der Waals surface area contributed by atoms with E-state index in [-0.39, 0.29) is 19.1 Å². The van der Waals surface area contributed by atoms with Crippen LogP contribution in [0, 0.1) is 0 Å². The molecule has 1 aromatic carbocycles. The van der Waals surface area contributed by atoms with Gasteiger partial charge in [0.15, 0.2) is 5.60 Å². The van der Waals surface area contributed by atoms with Gasteiger partial charge in [-0.3, -0.25) is 9.36 Å². The van der Waals surface area contributed by atoms with E-state index in [9.17, 15) is 14.4 Å². The molecule has 0 aliphatic heterocycles. The van der Waals surface area contributed by atoms with Crippen molar-refractivity contribution >= 4 is 5.97 Å². The summed E-state index contributed by atoms with van der Waals surface area (Å²) in [5.41, 5.74) is -1.22. The van der Waals surface area contributed by atoms with Crippen LogP contribution in [0.25, 0.3) is 0 Å². The lowest BCUT2D eigenvalue weighted by molar-refractivity contribution is -0.158. The number of aromatic nitrogens is 3. The SMILES string of the molecule is CCCCCCCn1nc(OCCc2cccc(OC(C)(C)C(=O)OCC)c2)c(=O)n(C)c1=O. The molecule has 9 heteroatoms. The van der Waals surface area contributed by atoms with Crippen molar-refractivity contribution in [3.63, 3.8) is 0 Å². The van der Waals surface area contributed by atoms with Crippen LogP contribution < -0.4 is 20.7 Å². The molecule has 1 heterocycles. The molecule has 0 radical (unpaired) electrons. The zero-order chi connectivity index (χ0) is 25.1. The molecule has 2 rings (SSSR count). The van der Waals surface area contributed by atoms with Crippen LogP contribution in [0.15, 0.2) is 33.9 Å². The fourth-order valence-corrected chi connectivity index (χ4v) is 3.37. The van der Waals surface area contributed by atoms with Gasteiger partial charge in [-0.15, -0.1) is 5.10 Å². The van der Waals surface area contributed by atoms with Crippen molar-refractivity contribution in [1.82, 2.24) is 14.3 Å². The molecule has 188 valence electrons. The number of carbonyl (C=O) groups is 1. The average Bonchev–Trinajstić information content (AvgIpc) is 2.80. The number of esters is 1. The molecule has 0 aliphatic rings. The van der Waals surface area contributed by atoms with Crippen molar-refractivity contribution in [2.24, 2.45) is 7.05 Å². The summed E-state index contributed by atoms with van der Waals surface area (Å²) in [6, 6.07) is 7.30. The zero-order valence-electron chi connectivity index (χ0n) is 21.0. The van der Waals surface area contributed by atoms with E-state index in [4.69, 9.17) is 14.2 Å². The van der Waals surface area contributed by atoms with Crippen molar-refractivity contribution in [1.29, 1.82) is 0 Å². The number of hydrogen-bond acceptors (Lipinski definition) is 7. The quantitative estimate of drug-likeness (QED) is 0.305. The minimum atomic E-state index is -1.12. The second-order valence-corrected chi connectivity index (χ2v) is 8.67. The summed E-state index contributed by atoms with van der Waals surface area (Å²) in [6.07, 6.45) is 5.73. The van der Waals surface area contributed by atoms with Crippen LogP contribution >= 0.6 is 0 Å². The molecular weight excluding hydrogens is 438 g/mol. The molecule has 0 atom stereocenters. The largest absolute Gasteiger partial charge is 0.476 e. The third kappa shape index (κ3) is 7.74. The summed E-state index contributed by atoms with van der Waals surface area (Å²) in [4.78, 5) is 36.9. The molecule has 0 aliphatic carbocycles. The predicted octanol–water partition coefficient (Wildman–Crippen LogP) is 3.25. The van der Waals surface area contributed by atoms with Gasteiger partial charge in [0.2, 0.25) is 0 Å². The number of carbonyl (C=O) groups excluding carboxylic acids is 1. The topological polar surface area (TPSA) is 102 Å². The lowest BCUT2D eigenvalue weighted by Gasteiger charge is -2.24. The molecule has 0 N–H and O–H groups in total. The zero-order valence-corrected chi connectivity index (χ0v) is 21.0. The summed E-state index contributed by atoms with van der Waals surface area (Å²) in [5, 5.41) is 4.16. The van der Waals surface area contributed by atoms with Crippen LogP contribution in [0.4, 0.5) is 0 Å². The molecule has 0 spiro atoms. The summed E-state index contributed by atoms with van der Waals surface area (Å²) in [6.45, 7) is 8.13. The molecule has 34 heavy (non-hydrogen) atoms. The number of hydrogen-bond donors (Lipinski definition) is 0. The van der Waals surface area contributed by atoms with Crippen LogP contribution in [0.1, 0.15) is 65.4 Å². The first-order valence-electron chi connectivity index (χ1n) is 12.0. The molecule has 9 nitrogen and oxygen atoms in total. The Labute approximate surface area is 200 Å². The average molecular weight is 476 g/mol. The molecule has 0 saturated carbocycles. The minimum Gasteiger partial charge on any atom is -0.476 e. The molecule has 1 aromatic heterocycles. The second-order valence-electron chi connectivity index (χ2n) is 8.67. The van der Waals surface area contributed by atoms with Crippen molar-refractivity contribution in [2.75, 3.05) is 13.2 Å². The molecular formula is C25H37N3O6. The lowest BCUT2D eigenvalue weighted by atomic mass is 10.1.